The van der Waals surface area contributed by atoms with Crippen molar-refractivity contribution in [3.8, 4) is 0 Å². The molecule has 1 saturated heterocycles. The lowest BCUT2D eigenvalue weighted by atomic mass is 9.81. The van der Waals surface area contributed by atoms with E-state index in [4.69, 9.17) is 0 Å². The topological polar surface area (TPSA) is 66.5 Å². The zero-order valence-corrected chi connectivity index (χ0v) is 18.0. The first-order valence-electron chi connectivity index (χ1n) is 10.5. The summed E-state index contributed by atoms with van der Waals surface area (Å²) in [5.74, 6) is -0.477. The zero-order valence-electron chi connectivity index (χ0n) is 16.5. The Labute approximate surface area is 184 Å². The van der Waals surface area contributed by atoms with Gasteiger partial charge < -0.3 is 5.32 Å². The van der Waals surface area contributed by atoms with Crippen LogP contribution in [0.4, 0.5) is 5.69 Å². The molecule has 3 aliphatic rings. The van der Waals surface area contributed by atoms with Gasteiger partial charge in [0.15, 0.2) is 0 Å². The van der Waals surface area contributed by atoms with Crippen LogP contribution >= 0.6 is 15.9 Å². The second-order valence-electron chi connectivity index (χ2n) is 8.63. The summed E-state index contributed by atoms with van der Waals surface area (Å²) in [5, 5.41) is 2.91. The number of fused-ring (bicyclic) bond motifs is 5. The lowest BCUT2D eigenvalue weighted by molar-refractivity contribution is -0.147. The molecule has 1 heterocycles. The Morgan fingerprint density at radius 3 is 2.17 bits per heavy atom. The maximum atomic E-state index is 13.3. The molecule has 3 amide bonds. The van der Waals surface area contributed by atoms with E-state index in [1.807, 2.05) is 42.5 Å². The molecule has 6 heteroatoms. The third-order valence-electron chi connectivity index (χ3n) is 6.96. The average molecular weight is 467 g/mol. The van der Waals surface area contributed by atoms with E-state index in [1.165, 1.54) is 4.90 Å². The fourth-order valence-corrected chi connectivity index (χ4v) is 5.90. The Morgan fingerprint density at radius 1 is 0.967 bits per heavy atom. The maximum absolute atomic E-state index is 13.3. The van der Waals surface area contributed by atoms with E-state index in [-0.39, 0.29) is 29.6 Å². The Balaban J connectivity index is 1.45. The number of hydrogen-bond acceptors (Lipinski definition) is 3. The van der Waals surface area contributed by atoms with Crippen molar-refractivity contribution in [1.82, 2.24) is 4.90 Å². The second kappa shape index (κ2) is 7.65. The predicted octanol–water partition coefficient (Wildman–Crippen LogP) is 4.03. The van der Waals surface area contributed by atoms with E-state index in [2.05, 4.69) is 21.2 Å². The van der Waals surface area contributed by atoms with E-state index in [0.717, 1.165) is 29.3 Å². The Kier molecular flexibility index (Phi) is 4.97. The van der Waals surface area contributed by atoms with Crippen LogP contribution in [0.5, 0.6) is 0 Å². The van der Waals surface area contributed by atoms with Gasteiger partial charge in [-0.05, 0) is 60.9 Å². The number of hydrogen-bond donors (Lipinski definition) is 1. The molecule has 1 N–H and O–H groups in total. The highest BCUT2D eigenvalue weighted by Crippen LogP contribution is 2.56. The van der Waals surface area contributed by atoms with Gasteiger partial charge in [-0.15, -0.1) is 0 Å². The monoisotopic (exact) mass is 466 g/mol. The number of benzene rings is 2. The zero-order chi connectivity index (χ0) is 20.8. The number of carbonyl (C=O) groups is 3. The number of amides is 3. The molecule has 5 rings (SSSR count). The Hall–Kier alpha value is -2.47. The highest BCUT2D eigenvalue weighted by Gasteiger charge is 2.62. The van der Waals surface area contributed by atoms with Crippen LogP contribution in [0, 0.1) is 23.7 Å². The molecular formula is C24H23BrN2O3. The van der Waals surface area contributed by atoms with Gasteiger partial charge in [0.2, 0.25) is 17.7 Å². The molecule has 0 unspecified atom stereocenters. The third-order valence-corrected chi connectivity index (χ3v) is 7.49. The number of nitrogens with one attached hydrogen (secondary N) is 1. The predicted molar refractivity (Wildman–Crippen MR) is 116 cm³/mol. The molecular weight excluding hydrogens is 444 g/mol. The van der Waals surface area contributed by atoms with E-state index in [1.54, 1.807) is 12.1 Å². The van der Waals surface area contributed by atoms with Crippen LogP contribution in [0.25, 0.3) is 0 Å². The summed E-state index contributed by atoms with van der Waals surface area (Å²) in [6.07, 6.45) is 3.34. The third kappa shape index (κ3) is 3.27. The lowest BCUT2D eigenvalue weighted by Gasteiger charge is -2.27. The molecule has 0 aromatic heterocycles. The fraction of sp³-hybridized carbons (Fsp3) is 0.375. The molecule has 0 spiro atoms. The summed E-state index contributed by atoms with van der Waals surface area (Å²) in [7, 11) is 0. The maximum Gasteiger partial charge on any atom is 0.248 e. The van der Waals surface area contributed by atoms with Gasteiger partial charge in [-0.1, -0.05) is 46.3 Å². The number of likely N-dealkylation sites (tertiary alicyclic amines) is 1. The first-order chi connectivity index (χ1) is 14.5. The van der Waals surface area contributed by atoms with Gasteiger partial charge in [-0.25, -0.2) is 0 Å². The molecule has 154 valence electrons. The van der Waals surface area contributed by atoms with Crippen LogP contribution in [0.3, 0.4) is 0 Å². The van der Waals surface area contributed by atoms with E-state index >= 15 is 0 Å². The summed E-state index contributed by atoms with van der Waals surface area (Å²) in [4.78, 5) is 41.3. The summed E-state index contributed by atoms with van der Waals surface area (Å²) in [6.45, 7) is 0. The van der Waals surface area contributed by atoms with Gasteiger partial charge in [0.05, 0.1) is 11.8 Å². The highest BCUT2D eigenvalue weighted by molar-refractivity contribution is 9.10. The molecule has 30 heavy (non-hydrogen) atoms. The first kappa shape index (κ1) is 19.5. The van der Waals surface area contributed by atoms with Gasteiger partial charge in [0.25, 0.3) is 0 Å². The number of halogens is 1. The molecule has 5 atom stereocenters. The highest BCUT2D eigenvalue weighted by atomic mass is 79.9. The molecule has 3 fully saturated rings. The van der Waals surface area contributed by atoms with E-state index in [0.29, 0.717) is 23.9 Å². The Morgan fingerprint density at radius 2 is 1.57 bits per heavy atom. The molecule has 2 aliphatic carbocycles. The quantitative estimate of drug-likeness (QED) is 0.676. The smallest absolute Gasteiger partial charge is 0.248 e. The number of imide groups is 1. The van der Waals surface area contributed by atoms with Crippen molar-refractivity contribution in [2.45, 2.75) is 31.7 Å². The molecule has 5 nitrogen and oxygen atoms in total. The summed E-state index contributed by atoms with van der Waals surface area (Å²) >= 11 is 3.39. The number of carbonyl (C=O) groups excluding carboxylic acids is 3. The minimum atomic E-state index is -0.846. The number of anilines is 1. The van der Waals surface area contributed by atoms with E-state index < -0.39 is 6.04 Å². The normalized spacial score (nSPS) is 28.0. The SMILES string of the molecule is O=C(Nc1ccc(Br)cc1)[C@@H](Cc1ccccc1)N1C(=O)[C@@H]2[C@H]3CC[C@@H](C3)[C@@H]2C1=O. The lowest BCUT2D eigenvalue weighted by Crippen LogP contribution is -2.49. The minimum Gasteiger partial charge on any atom is -0.324 e. The summed E-state index contributed by atoms with van der Waals surface area (Å²) in [6, 6.07) is 16.0. The molecule has 1 aliphatic heterocycles. The van der Waals surface area contributed by atoms with Crippen LogP contribution < -0.4 is 5.32 Å². The molecule has 2 aromatic rings. The summed E-state index contributed by atoms with van der Waals surface area (Å²) < 4.78 is 0.912. The fourth-order valence-electron chi connectivity index (χ4n) is 5.64. The van der Waals surface area contributed by atoms with Crippen LogP contribution in [0.2, 0.25) is 0 Å². The van der Waals surface area contributed by atoms with Gasteiger partial charge in [0, 0.05) is 16.6 Å². The van der Waals surface area contributed by atoms with Crippen LogP contribution in [0.15, 0.2) is 59.1 Å². The van der Waals surface area contributed by atoms with Crippen LogP contribution in [-0.4, -0.2) is 28.7 Å². The van der Waals surface area contributed by atoms with Crippen LogP contribution in [0.1, 0.15) is 24.8 Å². The Bertz CT molecular complexity index is 963. The van der Waals surface area contributed by atoms with Gasteiger partial charge in [-0.3, -0.25) is 19.3 Å². The van der Waals surface area contributed by atoms with Crippen molar-refractivity contribution in [2.24, 2.45) is 23.7 Å². The van der Waals surface area contributed by atoms with Crippen molar-refractivity contribution < 1.29 is 14.4 Å². The summed E-state index contributed by atoms with van der Waals surface area (Å²) in [5.41, 5.74) is 1.56. The van der Waals surface area contributed by atoms with Gasteiger partial charge in [0.1, 0.15) is 6.04 Å². The van der Waals surface area contributed by atoms with Crippen molar-refractivity contribution >= 4 is 39.3 Å². The minimum absolute atomic E-state index is 0.149. The molecule has 2 bridgehead atoms. The number of rotatable bonds is 5. The van der Waals surface area contributed by atoms with Gasteiger partial charge in [-0.2, -0.15) is 0 Å². The average Bonchev–Trinajstić information content (AvgIpc) is 3.43. The van der Waals surface area contributed by atoms with Crippen molar-refractivity contribution in [3.05, 3.63) is 64.6 Å². The van der Waals surface area contributed by atoms with E-state index in [9.17, 15) is 14.4 Å². The molecule has 0 radical (unpaired) electrons. The largest absolute Gasteiger partial charge is 0.324 e. The molecule has 2 saturated carbocycles. The standard InChI is InChI=1S/C24H23BrN2O3/c25-17-8-10-18(11-9-17)26-22(28)19(12-14-4-2-1-3-5-14)27-23(29)20-15-6-7-16(13-15)21(20)24(27)30/h1-5,8-11,15-16,19-21H,6-7,12-13H2,(H,26,28)/t15-,16-,19+,20-,21+/m0/s1. The molecule has 2 aromatic carbocycles. The number of nitrogens with zero attached hydrogens (tertiary/aromatic N) is 1. The van der Waals surface area contributed by atoms with Gasteiger partial charge >= 0.3 is 0 Å². The van der Waals surface area contributed by atoms with Crippen molar-refractivity contribution in [2.75, 3.05) is 5.32 Å². The van der Waals surface area contributed by atoms with Crippen LogP contribution in [-0.2, 0) is 20.8 Å². The first-order valence-corrected chi connectivity index (χ1v) is 11.3. The second-order valence-corrected chi connectivity index (χ2v) is 9.55. The van der Waals surface area contributed by atoms with Crippen molar-refractivity contribution in [1.29, 1.82) is 0 Å². The van der Waals surface area contributed by atoms with Crippen molar-refractivity contribution in [3.63, 3.8) is 0 Å².